The van der Waals surface area contributed by atoms with E-state index in [-0.39, 0.29) is 15.8 Å². The maximum Gasteiger partial charge on any atom is 0.273 e. The second-order valence-corrected chi connectivity index (χ2v) is 9.34. The highest BCUT2D eigenvalue weighted by molar-refractivity contribution is 7.07. The van der Waals surface area contributed by atoms with Gasteiger partial charge in [0.15, 0.2) is 5.57 Å². The average Bonchev–Trinajstić information content (AvgIpc) is 3.20. The van der Waals surface area contributed by atoms with Gasteiger partial charge in [-0.1, -0.05) is 29.8 Å². The van der Waals surface area contributed by atoms with Gasteiger partial charge in [-0.25, -0.2) is 0 Å². The Hall–Kier alpha value is -4.61. The lowest BCUT2D eigenvalue weighted by atomic mass is 10.2. The number of anilines is 1. The Morgan fingerprint density at radius 3 is 2.41 bits per heavy atom. The van der Waals surface area contributed by atoms with Gasteiger partial charge >= 0.3 is 0 Å². The molecule has 186 valence electrons. The van der Waals surface area contributed by atoms with Crippen LogP contribution in [-0.4, -0.2) is 24.7 Å². The molecule has 0 saturated heterocycles. The van der Waals surface area contributed by atoms with Gasteiger partial charge in [-0.15, -0.1) is 11.3 Å². The number of thiazole rings is 1. The fraction of sp³-hybridized carbons (Fsp3) is 0.138. The lowest BCUT2D eigenvalue weighted by Crippen LogP contribution is -2.32. The SMILES string of the molecule is COc1ccc(OC)c(/C=c2/s/c(=C(\C#N)C(=O)Nc3cccc(C)c3)n(-c3ccc(C)cc3)c2=O)c1. The first-order valence-electron chi connectivity index (χ1n) is 11.4. The first-order valence-corrected chi connectivity index (χ1v) is 12.2. The van der Waals surface area contributed by atoms with Crippen LogP contribution in [0.1, 0.15) is 16.7 Å². The van der Waals surface area contributed by atoms with Gasteiger partial charge < -0.3 is 14.8 Å². The number of aryl methyl sites for hydroxylation is 2. The number of nitrogens with one attached hydrogen (secondary N) is 1. The van der Waals surface area contributed by atoms with Gasteiger partial charge in [-0.2, -0.15) is 5.26 Å². The van der Waals surface area contributed by atoms with Crippen LogP contribution < -0.4 is 29.5 Å². The first-order chi connectivity index (χ1) is 17.8. The molecule has 0 radical (unpaired) electrons. The van der Waals surface area contributed by atoms with Gasteiger partial charge in [0.25, 0.3) is 11.5 Å². The summed E-state index contributed by atoms with van der Waals surface area (Å²) < 4.78 is 12.8. The van der Waals surface area contributed by atoms with Crippen molar-refractivity contribution in [1.82, 2.24) is 4.57 Å². The van der Waals surface area contributed by atoms with E-state index >= 15 is 0 Å². The highest BCUT2D eigenvalue weighted by Crippen LogP contribution is 2.24. The predicted molar refractivity (Wildman–Crippen MR) is 146 cm³/mol. The number of hydrogen-bond donors (Lipinski definition) is 1. The molecule has 0 atom stereocenters. The standard InChI is InChI=1S/C29H25N3O4S/c1-18-8-10-22(11-9-18)32-28(34)26(16-20-15-23(35-3)12-13-25(20)36-4)37-29(32)24(17-30)27(33)31-21-7-5-6-19(2)14-21/h5-16H,1-4H3,(H,31,33)/b26-16+,29-24+. The third-order valence-corrected chi connectivity index (χ3v) is 6.76. The van der Waals surface area contributed by atoms with Crippen LogP contribution in [-0.2, 0) is 4.79 Å². The number of hydrogen-bond acceptors (Lipinski definition) is 6. The van der Waals surface area contributed by atoms with Crippen LogP contribution in [0.2, 0.25) is 0 Å². The third kappa shape index (κ3) is 5.47. The van der Waals surface area contributed by atoms with Crippen molar-refractivity contribution < 1.29 is 14.3 Å². The predicted octanol–water partition coefficient (Wildman–Crippen LogP) is 3.67. The lowest BCUT2D eigenvalue weighted by Gasteiger charge is -2.07. The Morgan fingerprint density at radius 2 is 1.76 bits per heavy atom. The molecule has 0 aliphatic rings. The molecule has 3 aromatic carbocycles. The number of benzene rings is 3. The van der Waals surface area contributed by atoms with E-state index in [1.165, 1.54) is 4.57 Å². The van der Waals surface area contributed by atoms with E-state index in [9.17, 15) is 14.9 Å². The number of nitrogens with zero attached hydrogens (tertiary/aromatic N) is 2. The number of ether oxygens (including phenoxy) is 2. The molecule has 8 heteroatoms. The van der Waals surface area contributed by atoms with Gasteiger partial charge in [0.2, 0.25) is 0 Å². The molecular formula is C29H25N3O4S. The molecule has 0 aliphatic heterocycles. The number of carbonyl (C=O) groups is 1. The number of aromatic nitrogens is 1. The second-order valence-electron chi connectivity index (χ2n) is 8.31. The van der Waals surface area contributed by atoms with Crippen LogP contribution in [0.25, 0.3) is 17.3 Å². The van der Waals surface area contributed by atoms with Crippen molar-refractivity contribution in [1.29, 1.82) is 5.26 Å². The van der Waals surface area contributed by atoms with Crippen molar-refractivity contribution in [2.24, 2.45) is 0 Å². The Morgan fingerprint density at radius 1 is 1.00 bits per heavy atom. The minimum absolute atomic E-state index is 0.165. The summed E-state index contributed by atoms with van der Waals surface area (Å²) in [6.45, 7) is 3.85. The highest BCUT2D eigenvalue weighted by Gasteiger charge is 2.18. The van der Waals surface area contributed by atoms with Crippen molar-refractivity contribution in [2.75, 3.05) is 19.5 Å². The zero-order valence-electron chi connectivity index (χ0n) is 20.9. The summed E-state index contributed by atoms with van der Waals surface area (Å²) in [5.74, 6) is 0.559. The first kappa shape index (κ1) is 25.5. The Bertz CT molecular complexity index is 1690. The van der Waals surface area contributed by atoms with E-state index in [0.717, 1.165) is 22.5 Å². The topological polar surface area (TPSA) is 93.3 Å². The molecule has 4 aromatic rings. The summed E-state index contributed by atoms with van der Waals surface area (Å²) in [7, 11) is 3.10. The summed E-state index contributed by atoms with van der Waals surface area (Å²) in [4.78, 5) is 26.9. The molecule has 1 heterocycles. The largest absolute Gasteiger partial charge is 0.497 e. The summed E-state index contributed by atoms with van der Waals surface area (Å²) >= 11 is 1.07. The van der Waals surface area contributed by atoms with Crippen molar-refractivity contribution in [3.8, 4) is 23.3 Å². The fourth-order valence-electron chi connectivity index (χ4n) is 3.78. The minimum Gasteiger partial charge on any atom is -0.497 e. The van der Waals surface area contributed by atoms with Crippen LogP contribution >= 0.6 is 11.3 Å². The van der Waals surface area contributed by atoms with Crippen molar-refractivity contribution >= 4 is 34.6 Å². The number of methoxy groups -OCH3 is 2. The van der Waals surface area contributed by atoms with E-state index in [1.54, 1.807) is 56.7 Å². The maximum atomic E-state index is 13.7. The Labute approximate surface area is 218 Å². The summed E-state index contributed by atoms with van der Waals surface area (Å²) in [6, 6.07) is 21.9. The monoisotopic (exact) mass is 511 g/mol. The van der Waals surface area contributed by atoms with Crippen molar-refractivity contribution in [3.05, 3.63) is 103 Å². The molecule has 37 heavy (non-hydrogen) atoms. The molecule has 0 unspecified atom stereocenters. The van der Waals surface area contributed by atoms with Gasteiger partial charge in [0.05, 0.1) is 24.4 Å². The van der Waals surface area contributed by atoms with Crippen LogP contribution in [0.4, 0.5) is 5.69 Å². The molecule has 0 aliphatic carbocycles. The van der Waals surface area contributed by atoms with Gasteiger partial charge in [0, 0.05) is 11.3 Å². The smallest absolute Gasteiger partial charge is 0.273 e. The lowest BCUT2D eigenvalue weighted by molar-refractivity contribution is -0.111. The number of amides is 1. The van der Waals surface area contributed by atoms with Gasteiger partial charge in [-0.05, 0) is 68.0 Å². The van der Waals surface area contributed by atoms with E-state index in [2.05, 4.69) is 5.32 Å². The molecule has 0 bridgehead atoms. The molecular weight excluding hydrogens is 486 g/mol. The van der Waals surface area contributed by atoms with E-state index in [1.807, 2.05) is 50.2 Å². The van der Waals surface area contributed by atoms with Crippen LogP contribution in [0, 0.1) is 25.2 Å². The number of rotatable bonds is 6. The third-order valence-electron chi connectivity index (χ3n) is 5.67. The normalized spacial score (nSPS) is 12.0. The average molecular weight is 512 g/mol. The quantitative estimate of drug-likeness (QED) is 0.426. The second kappa shape index (κ2) is 11.0. The van der Waals surface area contributed by atoms with Crippen molar-refractivity contribution in [2.45, 2.75) is 13.8 Å². The van der Waals surface area contributed by atoms with Gasteiger partial charge in [0.1, 0.15) is 22.2 Å². The maximum absolute atomic E-state index is 13.7. The number of nitriles is 1. The summed E-state index contributed by atoms with van der Waals surface area (Å²) in [5, 5.41) is 12.8. The zero-order valence-corrected chi connectivity index (χ0v) is 21.7. The van der Waals surface area contributed by atoms with Crippen LogP contribution in [0.15, 0.2) is 71.5 Å². The zero-order chi connectivity index (χ0) is 26.5. The van der Waals surface area contributed by atoms with Crippen molar-refractivity contribution in [3.63, 3.8) is 0 Å². The number of carbonyl (C=O) groups excluding carboxylic acids is 1. The van der Waals surface area contributed by atoms with E-state index in [0.29, 0.717) is 33.0 Å². The molecule has 1 N–H and O–H groups in total. The molecule has 0 fully saturated rings. The summed E-state index contributed by atoms with van der Waals surface area (Å²) in [5.41, 5.74) is 3.20. The van der Waals surface area contributed by atoms with Gasteiger partial charge in [-0.3, -0.25) is 14.2 Å². The Kier molecular flexibility index (Phi) is 7.56. The Balaban J connectivity index is 1.99. The summed E-state index contributed by atoms with van der Waals surface area (Å²) in [6.07, 6.45) is 1.68. The minimum atomic E-state index is -0.597. The van der Waals surface area contributed by atoms with Crippen LogP contribution in [0.3, 0.4) is 0 Å². The van der Waals surface area contributed by atoms with Crippen LogP contribution in [0.5, 0.6) is 11.5 Å². The fourth-order valence-corrected chi connectivity index (χ4v) is 4.88. The van der Waals surface area contributed by atoms with E-state index in [4.69, 9.17) is 9.47 Å². The molecule has 1 amide bonds. The molecule has 0 saturated carbocycles. The molecule has 7 nitrogen and oxygen atoms in total. The molecule has 4 rings (SSSR count). The highest BCUT2D eigenvalue weighted by atomic mass is 32.1. The van der Waals surface area contributed by atoms with E-state index < -0.39 is 5.91 Å². The molecule has 1 aromatic heterocycles. The molecule has 0 spiro atoms.